The van der Waals surface area contributed by atoms with E-state index in [-0.39, 0.29) is 24.4 Å². The molecular formula is C15H21FN2O2. The van der Waals surface area contributed by atoms with Crippen molar-refractivity contribution >= 4 is 11.6 Å². The zero-order chi connectivity index (χ0) is 14.5. The minimum Gasteiger partial charge on any atom is -0.488 e. The van der Waals surface area contributed by atoms with Crippen LogP contribution >= 0.6 is 0 Å². The average molecular weight is 280 g/mol. The molecule has 5 heteroatoms. The number of hydrogen-bond acceptors (Lipinski definition) is 3. The van der Waals surface area contributed by atoms with E-state index in [0.29, 0.717) is 11.4 Å². The molecule has 0 heterocycles. The van der Waals surface area contributed by atoms with E-state index < -0.39 is 0 Å². The summed E-state index contributed by atoms with van der Waals surface area (Å²) < 4.78 is 19.2. The second-order valence-corrected chi connectivity index (χ2v) is 5.45. The van der Waals surface area contributed by atoms with Crippen LogP contribution in [0.15, 0.2) is 18.2 Å². The van der Waals surface area contributed by atoms with Crippen LogP contribution in [0, 0.1) is 5.82 Å². The summed E-state index contributed by atoms with van der Waals surface area (Å²) in [5, 5.41) is 2.77. The molecule has 0 aliphatic heterocycles. The lowest BCUT2D eigenvalue weighted by molar-refractivity contribution is -0.116. The van der Waals surface area contributed by atoms with Gasteiger partial charge in [-0.2, -0.15) is 0 Å². The summed E-state index contributed by atoms with van der Waals surface area (Å²) in [4.78, 5) is 13.6. The number of amides is 1. The van der Waals surface area contributed by atoms with Crippen LogP contribution in [0.4, 0.5) is 10.1 Å². The maximum Gasteiger partial charge on any atom is 0.238 e. The minimum atomic E-state index is -0.358. The van der Waals surface area contributed by atoms with E-state index in [9.17, 15) is 9.18 Å². The normalized spacial score (nSPS) is 15.6. The lowest BCUT2D eigenvalue weighted by Gasteiger charge is -2.17. The standard InChI is InChI=1S/C15H21FN2O2/c1-18(2)10-15(19)17-13-8-7-11(16)9-14(13)20-12-5-3-4-6-12/h7-9,12H,3-6,10H2,1-2H3,(H,17,19). The summed E-state index contributed by atoms with van der Waals surface area (Å²) in [5.41, 5.74) is 0.533. The van der Waals surface area contributed by atoms with Crippen LogP contribution in [0.2, 0.25) is 0 Å². The van der Waals surface area contributed by atoms with Crippen molar-refractivity contribution in [2.45, 2.75) is 31.8 Å². The molecule has 110 valence electrons. The summed E-state index contributed by atoms with van der Waals surface area (Å²) in [7, 11) is 3.64. The van der Waals surface area contributed by atoms with Gasteiger partial charge >= 0.3 is 0 Å². The number of carbonyl (C=O) groups excluding carboxylic acids is 1. The Balaban J connectivity index is 2.08. The Hall–Kier alpha value is -1.62. The number of likely N-dealkylation sites (N-methyl/N-ethyl adjacent to an activating group) is 1. The topological polar surface area (TPSA) is 41.6 Å². The molecule has 2 rings (SSSR count). The summed E-state index contributed by atoms with van der Waals surface area (Å²) >= 11 is 0. The van der Waals surface area contributed by atoms with Gasteiger partial charge in [0, 0.05) is 6.07 Å². The molecule has 0 radical (unpaired) electrons. The highest BCUT2D eigenvalue weighted by atomic mass is 19.1. The first kappa shape index (κ1) is 14.8. The second kappa shape index (κ2) is 6.70. The number of halogens is 1. The SMILES string of the molecule is CN(C)CC(=O)Nc1ccc(F)cc1OC1CCCC1. The number of anilines is 1. The molecule has 1 aromatic carbocycles. The molecular weight excluding hydrogens is 259 g/mol. The van der Waals surface area contributed by atoms with E-state index in [1.165, 1.54) is 12.1 Å². The van der Waals surface area contributed by atoms with Crippen LogP contribution in [0.25, 0.3) is 0 Å². The first-order valence-corrected chi connectivity index (χ1v) is 6.95. The van der Waals surface area contributed by atoms with Crippen LogP contribution in [0.3, 0.4) is 0 Å². The number of benzene rings is 1. The van der Waals surface area contributed by atoms with Crippen LogP contribution in [-0.4, -0.2) is 37.6 Å². The third-order valence-electron chi connectivity index (χ3n) is 3.27. The first-order valence-electron chi connectivity index (χ1n) is 6.95. The fraction of sp³-hybridized carbons (Fsp3) is 0.533. The summed E-state index contributed by atoms with van der Waals surface area (Å²) in [5.74, 6) is -0.0782. The van der Waals surface area contributed by atoms with Crippen molar-refractivity contribution < 1.29 is 13.9 Å². The molecule has 4 nitrogen and oxygen atoms in total. The molecule has 1 aromatic rings. The van der Waals surface area contributed by atoms with Gasteiger partial charge in [-0.3, -0.25) is 4.79 Å². The Morgan fingerprint density at radius 1 is 1.40 bits per heavy atom. The van der Waals surface area contributed by atoms with Gasteiger partial charge in [-0.25, -0.2) is 4.39 Å². The van der Waals surface area contributed by atoms with Crippen molar-refractivity contribution in [3.8, 4) is 5.75 Å². The van der Waals surface area contributed by atoms with Gasteiger partial charge in [0.25, 0.3) is 0 Å². The van der Waals surface area contributed by atoms with Gasteiger partial charge in [0.15, 0.2) is 0 Å². The Labute approximate surface area is 118 Å². The van der Waals surface area contributed by atoms with Crippen LogP contribution < -0.4 is 10.1 Å². The molecule has 1 fully saturated rings. The molecule has 0 atom stereocenters. The third-order valence-corrected chi connectivity index (χ3v) is 3.27. The van der Waals surface area contributed by atoms with Crippen molar-refractivity contribution in [3.05, 3.63) is 24.0 Å². The lowest BCUT2D eigenvalue weighted by Crippen LogP contribution is -2.27. The van der Waals surface area contributed by atoms with E-state index in [2.05, 4.69) is 5.32 Å². The quantitative estimate of drug-likeness (QED) is 0.901. The van der Waals surface area contributed by atoms with Crippen molar-refractivity contribution in [2.24, 2.45) is 0 Å². The van der Waals surface area contributed by atoms with Crippen LogP contribution in [0.5, 0.6) is 5.75 Å². The summed E-state index contributed by atoms with van der Waals surface area (Å²) in [6, 6.07) is 4.21. The lowest BCUT2D eigenvalue weighted by atomic mass is 10.2. The summed E-state index contributed by atoms with van der Waals surface area (Å²) in [6.45, 7) is 0.278. The number of hydrogen-bond donors (Lipinski definition) is 1. The molecule has 0 saturated heterocycles. The van der Waals surface area contributed by atoms with E-state index in [1.807, 2.05) is 14.1 Å². The zero-order valence-corrected chi connectivity index (χ0v) is 12.0. The fourth-order valence-corrected chi connectivity index (χ4v) is 2.36. The molecule has 1 N–H and O–H groups in total. The second-order valence-electron chi connectivity index (χ2n) is 5.45. The van der Waals surface area contributed by atoms with Crippen molar-refractivity contribution in [3.63, 3.8) is 0 Å². The number of rotatable bonds is 5. The Morgan fingerprint density at radius 2 is 2.10 bits per heavy atom. The van der Waals surface area contributed by atoms with E-state index in [4.69, 9.17) is 4.74 Å². The monoisotopic (exact) mass is 280 g/mol. The van der Waals surface area contributed by atoms with Gasteiger partial charge in [0.2, 0.25) is 5.91 Å². The van der Waals surface area contributed by atoms with Crippen LogP contribution in [-0.2, 0) is 4.79 Å². The number of nitrogens with one attached hydrogen (secondary N) is 1. The highest BCUT2D eigenvalue weighted by Crippen LogP contribution is 2.30. The number of carbonyl (C=O) groups is 1. The van der Waals surface area contributed by atoms with E-state index in [1.54, 1.807) is 11.0 Å². The minimum absolute atomic E-state index is 0.126. The molecule has 1 aliphatic rings. The van der Waals surface area contributed by atoms with Gasteiger partial charge in [-0.05, 0) is 51.9 Å². The smallest absolute Gasteiger partial charge is 0.238 e. The molecule has 1 saturated carbocycles. The molecule has 0 aromatic heterocycles. The Morgan fingerprint density at radius 3 is 2.75 bits per heavy atom. The van der Waals surface area contributed by atoms with Gasteiger partial charge in [0.05, 0.1) is 18.3 Å². The zero-order valence-electron chi connectivity index (χ0n) is 12.0. The maximum absolute atomic E-state index is 13.4. The van der Waals surface area contributed by atoms with E-state index in [0.717, 1.165) is 25.7 Å². The van der Waals surface area contributed by atoms with Gasteiger partial charge < -0.3 is 15.0 Å². The molecule has 0 spiro atoms. The number of nitrogens with zero attached hydrogens (tertiary/aromatic N) is 1. The Bertz CT molecular complexity index is 471. The first-order chi connectivity index (χ1) is 9.54. The predicted octanol–water partition coefficient (Wildman–Crippen LogP) is 2.65. The van der Waals surface area contributed by atoms with E-state index >= 15 is 0 Å². The third kappa shape index (κ3) is 4.20. The van der Waals surface area contributed by atoms with Gasteiger partial charge in [-0.15, -0.1) is 0 Å². The molecule has 0 bridgehead atoms. The van der Waals surface area contributed by atoms with Crippen molar-refractivity contribution in [1.82, 2.24) is 4.90 Å². The van der Waals surface area contributed by atoms with Crippen molar-refractivity contribution in [1.29, 1.82) is 0 Å². The van der Waals surface area contributed by atoms with Crippen molar-refractivity contribution in [2.75, 3.05) is 26.0 Å². The summed E-state index contributed by atoms with van der Waals surface area (Å²) in [6.07, 6.45) is 4.38. The van der Waals surface area contributed by atoms with Gasteiger partial charge in [0.1, 0.15) is 11.6 Å². The largest absolute Gasteiger partial charge is 0.488 e. The van der Waals surface area contributed by atoms with Crippen LogP contribution in [0.1, 0.15) is 25.7 Å². The molecule has 1 aliphatic carbocycles. The predicted molar refractivity (Wildman–Crippen MR) is 76.5 cm³/mol. The molecule has 0 unspecified atom stereocenters. The maximum atomic E-state index is 13.4. The van der Waals surface area contributed by atoms with Gasteiger partial charge in [-0.1, -0.05) is 0 Å². The highest BCUT2D eigenvalue weighted by Gasteiger charge is 2.19. The number of ether oxygens (including phenoxy) is 1. The Kier molecular flexibility index (Phi) is 4.95. The fourth-order valence-electron chi connectivity index (χ4n) is 2.36. The molecule has 20 heavy (non-hydrogen) atoms. The highest BCUT2D eigenvalue weighted by molar-refractivity contribution is 5.93. The average Bonchev–Trinajstić information content (AvgIpc) is 2.84. The molecule has 1 amide bonds.